The van der Waals surface area contributed by atoms with Crippen LogP contribution in [0.3, 0.4) is 0 Å². The van der Waals surface area contributed by atoms with Gasteiger partial charge in [0.1, 0.15) is 23.1 Å². The van der Waals surface area contributed by atoms with Gasteiger partial charge in [0, 0.05) is 31.9 Å². The lowest BCUT2D eigenvalue weighted by atomic mass is 10.0. The van der Waals surface area contributed by atoms with Crippen LogP contribution >= 0.6 is 0 Å². The Balaban J connectivity index is 1.92. The Morgan fingerprint density at radius 2 is 1.82 bits per heavy atom. The molecule has 3 heterocycles. The number of aliphatic imine (C=N–C) groups is 2. The predicted molar refractivity (Wildman–Crippen MR) is 155 cm³/mol. The first-order valence-electron chi connectivity index (χ1n) is 13.4. The van der Waals surface area contributed by atoms with Crippen LogP contribution in [-0.4, -0.2) is 52.2 Å². The summed E-state index contributed by atoms with van der Waals surface area (Å²) in [5.41, 5.74) is 1.39. The minimum absolute atomic E-state index is 0.00204. The van der Waals surface area contributed by atoms with Gasteiger partial charge in [-0.25, -0.2) is 33.1 Å². The summed E-state index contributed by atoms with van der Waals surface area (Å²) >= 11 is 0. The van der Waals surface area contributed by atoms with Gasteiger partial charge in [-0.15, -0.1) is 0 Å². The number of pyridine rings is 2. The molecule has 8 nitrogen and oxygen atoms in total. The van der Waals surface area contributed by atoms with Crippen molar-refractivity contribution < 1.29 is 8.78 Å². The quantitative estimate of drug-likeness (QED) is 0.181. The van der Waals surface area contributed by atoms with Gasteiger partial charge >= 0.3 is 5.69 Å². The third-order valence-electron chi connectivity index (χ3n) is 6.46. The van der Waals surface area contributed by atoms with Gasteiger partial charge in [-0.05, 0) is 55.5 Å². The number of nitrogens with zero attached hydrogens (tertiary/aromatic N) is 7. The fourth-order valence-corrected chi connectivity index (χ4v) is 4.48. The van der Waals surface area contributed by atoms with Gasteiger partial charge in [0.05, 0.1) is 29.3 Å². The first kappa shape index (κ1) is 28.7. The summed E-state index contributed by atoms with van der Waals surface area (Å²) < 4.78 is 31.7. The van der Waals surface area contributed by atoms with Crippen molar-refractivity contribution in [1.29, 1.82) is 0 Å². The summed E-state index contributed by atoms with van der Waals surface area (Å²) in [6, 6.07) is 11.6. The largest absolute Gasteiger partial charge is 0.359 e. The maximum Gasteiger partial charge on any atom is 0.355 e. The Morgan fingerprint density at radius 3 is 2.55 bits per heavy atom. The number of hydrogen-bond donors (Lipinski definition) is 0. The van der Waals surface area contributed by atoms with E-state index in [-0.39, 0.29) is 28.6 Å². The second-order valence-corrected chi connectivity index (χ2v) is 9.88. The lowest BCUT2D eigenvalue weighted by Gasteiger charge is -2.23. The van der Waals surface area contributed by atoms with Crippen molar-refractivity contribution in [3.8, 4) is 16.9 Å². The van der Waals surface area contributed by atoms with Gasteiger partial charge < -0.3 is 4.90 Å². The van der Waals surface area contributed by atoms with E-state index in [0.29, 0.717) is 42.8 Å². The molecule has 1 aromatic carbocycles. The molecule has 0 atom stereocenters. The minimum atomic E-state index is -0.719. The maximum atomic E-state index is 15.6. The third-order valence-corrected chi connectivity index (χ3v) is 6.46. The molecule has 3 aromatic heterocycles. The van der Waals surface area contributed by atoms with Gasteiger partial charge in [0.15, 0.2) is 5.65 Å². The Morgan fingerprint density at radius 1 is 1.07 bits per heavy atom. The molecule has 0 radical (unpaired) electrons. The lowest BCUT2D eigenvalue weighted by Crippen LogP contribution is -2.30. The van der Waals surface area contributed by atoms with Crippen molar-refractivity contribution in [3.63, 3.8) is 0 Å². The van der Waals surface area contributed by atoms with E-state index in [2.05, 4.69) is 30.9 Å². The van der Waals surface area contributed by atoms with Crippen molar-refractivity contribution in [2.75, 3.05) is 31.6 Å². The first-order chi connectivity index (χ1) is 19.2. The average molecular weight is 546 g/mol. The highest BCUT2D eigenvalue weighted by Crippen LogP contribution is 2.32. The Kier molecular flexibility index (Phi) is 9.11. The molecule has 0 N–H and O–H groups in total. The Bertz CT molecular complexity index is 1640. The van der Waals surface area contributed by atoms with E-state index in [1.165, 1.54) is 28.8 Å². The molecule has 0 unspecified atom stereocenters. The monoisotopic (exact) mass is 545 g/mol. The molecular formula is C30H33F2N7O. The van der Waals surface area contributed by atoms with Crippen molar-refractivity contribution >= 4 is 22.9 Å². The highest BCUT2D eigenvalue weighted by molar-refractivity contribution is 5.90. The highest BCUT2D eigenvalue weighted by Gasteiger charge is 2.24. The summed E-state index contributed by atoms with van der Waals surface area (Å²) in [7, 11) is 1.78. The SMILES string of the molecule is CCCN=C=NCCCN(C)c1nc(=O)n(-c2c(C)ccnc2C(C)C)c2nc(-c3ccccc3F)c(F)cc12. The normalized spacial score (nSPS) is 11.1. The average Bonchev–Trinajstić information content (AvgIpc) is 2.92. The molecular weight excluding hydrogens is 512 g/mol. The lowest BCUT2D eigenvalue weighted by molar-refractivity contribution is 0.612. The van der Waals surface area contributed by atoms with E-state index in [9.17, 15) is 9.18 Å². The number of hydrogen-bond acceptors (Lipinski definition) is 7. The van der Waals surface area contributed by atoms with Gasteiger partial charge in [-0.1, -0.05) is 32.9 Å². The molecule has 208 valence electrons. The molecule has 0 bridgehead atoms. The van der Waals surface area contributed by atoms with Crippen LogP contribution < -0.4 is 10.6 Å². The molecule has 0 spiro atoms. The number of aromatic nitrogens is 4. The zero-order valence-electron chi connectivity index (χ0n) is 23.4. The second kappa shape index (κ2) is 12.7. The van der Waals surface area contributed by atoms with Crippen LogP contribution in [0.15, 0.2) is 57.4 Å². The zero-order valence-corrected chi connectivity index (χ0v) is 23.4. The molecule has 0 saturated carbocycles. The third kappa shape index (κ3) is 5.97. The molecule has 4 rings (SSSR count). The van der Waals surface area contributed by atoms with E-state index in [0.717, 1.165) is 12.0 Å². The van der Waals surface area contributed by atoms with Crippen LogP contribution in [0, 0.1) is 18.6 Å². The van der Waals surface area contributed by atoms with Gasteiger partial charge in [0.25, 0.3) is 0 Å². The number of benzene rings is 1. The fourth-order valence-electron chi connectivity index (χ4n) is 4.48. The Labute approximate surface area is 232 Å². The summed E-state index contributed by atoms with van der Waals surface area (Å²) in [6.45, 7) is 9.50. The van der Waals surface area contributed by atoms with E-state index in [1.54, 1.807) is 30.3 Å². The van der Waals surface area contributed by atoms with Gasteiger partial charge in [0.2, 0.25) is 0 Å². The summed E-state index contributed by atoms with van der Waals surface area (Å²) in [6.07, 6.45) is 3.25. The van der Waals surface area contributed by atoms with Crippen molar-refractivity contribution in [1.82, 2.24) is 19.5 Å². The number of rotatable bonds is 10. The van der Waals surface area contributed by atoms with Crippen LogP contribution in [-0.2, 0) is 0 Å². The molecule has 0 aliphatic heterocycles. The van der Waals surface area contributed by atoms with E-state index >= 15 is 4.39 Å². The summed E-state index contributed by atoms with van der Waals surface area (Å²) in [4.78, 5) is 37.2. The minimum Gasteiger partial charge on any atom is -0.359 e. The standard InChI is InChI=1S/C30H33F2N7O/c1-6-13-33-18-34-14-9-16-38(5)28-22-17-24(32)26(21-10-7-8-11-23(21)31)36-29(22)39(30(40)37-28)27-20(4)12-15-35-25(27)19(2)3/h7-8,10-12,15,17,19H,6,9,13-14,16H2,1-5H3. The van der Waals surface area contributed by atoms with E-state index < -0.39 is 17.3 Å². The van der Waals surface area contributed by atoms with E-state index in [4.69, 9.17) is 0 Å². The number of anilines is 1. The molecule has 10 heteroatoms. The maximum absolute atomic E-state index is 15.6. The molecule has 0 saturated heterocycles. The van der Waals surface area contributed by atoms with Crippen molar-refractivity contribution in [2.24, 2.45) is 9.98 Å². The van der Waals surface area contributed by atoms with Crippen LogP contribution in [0.25, 0.3) is 28.0 Å². The van der Waals surface area contributed by atoms with E-state index in [1.807, 2.05) is 27.7 Å². The van der Waals surface area contributed by atoms with Gasteiger partial charge in [-0.2, -0.15) is 4.98 Å². The molecule has 40 heavy (non-hydrogen) atoms. The molecule has 4 aromatic rings. The number of aryl methyl sites for hydroxylation is 1. The molecule has 0 amide bonds. The van der Waals surface area contributed by atoms with Crippen molar-refractivity contribution in [3.05, 3.63) is 76.0 Å². The topological polar surface area (TPSA) is 88.6 Å². The highest BCUT2D eigenvalue weighted by atomic mass is 19.1. The summed E-state index contributed by atoms with van der Waals surface area (Å²) in [5.74, 6) is -1.08. The van der Waals surface area contributed by atoms with Crippen molar-refractivity contribution in [2.45, 2.75) is 46.5 Å². The molecule has 0 aliphatic rings. The zero-order chi connectivity index (χ0) is 28.8. The van der Waals surface area contributed by atoms with Crippen LogP contribution in [0.1, 0.15) is 50.8 Å². The molecule has 0 aliphatic carbocycles. The smallest absolute Gasteiger partial charge is 0.355 e. The number of fused-ring (bicyclic) bond motifs is 1. The van der Waals surface area contributed by atoms with Gasteiger partial charge in [-0.3, -0.25) is 4.98 Å². The molecule has 0 fully saturated rings. The summed E-state index contributed by atoms with van der Waals surface area (Å²) in [5, 5.41) is 0.325. The second-order valence-electron chi connectivity index (χ2n) is 9.88. The predicted octanol–water partition coefficient (Wildman–Crippen LogP) is 5.96. The first-order valence-corrected chi connectivity index (χ1v) is 13.4. The number of halogens is 2. The fraction of sp³-hybridized carbons (Fsp3) is 0.367. The van der Waals surface area contributed by atoms with Crippen LogP contribution in [0.4, 0.5) is 14.6 Å². The van der Waals surface area contributed by atoms with Crippen LogP contribution in [0.2, 0.25) is 0 Å². The Hall–Kier alpha value is -4.30. The van der Waals surface area contributed by atoms with Crippen LogP contribution in [0.5, 0.6) is 0 Å².